The zero-order chi connectivity index (χ0) is 19.4. The van der Waals surface area contributed by atoms with E-state index in [1.807, 2.05) is 0 Å². The number of carbonyl (C=O) groups is 2. The van der Waals surface area contributed by atoms with Gasteiger partial charge in [0.2, 0.25) is 0 Å². The summed E-state index contributed by atoms with van der Waals surface area (Å²) in [4.78, 5) is 23.3. The third-order valence-electron chi connectivity index (χ3n) is 4.89. The molecule has 2 N–H and O–H groups in total. The fourth-order valence-corrected chi connectivity index (χ4v) is 3.34. The normalized spacial score (nSPS) is 10.8. The highest BCUT2D eigenvalue weighted by Crippen LogP contribution is 2.22. The molecule has 1 rings (SSSR count). The molecule has 0 amide bonds. The van der Waals surface area contributed by atoms with Gasteiger partial charge in [-0.15, -0.1) is 0 Å². The summed E-state index contributed by atoms with van der Waals surface area (Å²) >= 11 is 0. The number of carboxylic acids is 2. The number of carboxylic acid groups (broad SMARTS) is 2. The molecule has 1 aromatic carbocycles. The average molecular weight is 363 g/mol. The van der Waals surface area contributed by atoms with E-state index < -0.39 is 11.9 Å². The molecular weight excluding hydrogens is 328 g/mol. The number of aryl methyl sites for hydroxylation is 2. The van der Waals surface area contributed by atoms with E-state index in [4.69, 9.17) is 0 Å². The Morgan fingerprint density at radius 2 is 1.00 bits per heavy atom. The molecule has 0 radical (unpaired) electrons. The largest absolute Gasteiger partial charge is 0.478 e. The van der Waals surface area contributed by atoms with Crippen molar-refractivity contribution in [2.24, 2.45) is 0 Å². The fraction of sp³-hybridized carbons (Fsp3) is 0.636. The van der Waals surface area contributed by atoms with Gasteiger partial charge in [0, 0.05) is 0 Å². The van der Waals surface area contributed by atoms with E-state index in [1.165, 1.54) is 12.8 Å². The molecule has 0 saturated heterocycles. The van der Waals surface area contributed by atoms with Crippen LogP contribution in [0.1, 0.15) is 110 Å². The second-order valence-corrected chi connectivity index (χ2v) is 7.11. The maximum Gasteiger partial charge on any atom is 0.335 e. The van der Waals surface area contributed by atoms with Crippen LogP contribution in [-0.2, 0) is 12.8 Å². The summed E-state index contributed by atoms with van der Waals surface area (Å²) < 4.78 is 0. The van der Waals surface area contributed by atoms with Gasteiger partial charge in [0.25, 0.3) is 0 Å². The van der Waals surface area contributed by atoms with Gasteiger partial charge < -0.3 is 10.2 Å². The minimum absolute atomic E-state index is 0.272. The van der Waals surface area contributed by atoms with E-state index in [1.54, 1.807) is 12.1 Å². The smallest absolute Gasteiger partial charge is 0.335 e. The van der Waals surface area contributed by atoms with Crippen molar-refractivity contribution in [1.29, 1.82) is 0 Å². The van der Waals surface area contributed by atoms with Crippen LogP contribution in [0.3, 0.4) is 0 Å². The standard InChI is InChI=1S/C22H34O4/c1-3-5-7-9-11-13-17-15-20(22(25)26)18(16-19(17)21(23)24)14-12-10-8-6-4-2/h15-16H,3-14H2,1-2H3,(H,23,24)(H,25,26). The molecule has 0 heterocycles. The first-order valence-electron chi connectivity index (χ1n) is 10.1. The number of benzene rings is 1. The van der Waals surface area contributed by atoms with Crippen molar-refractivity contribution in [3.63, 3.8) is 0 Å². The zero-order valence-corrected chi connectivity index (χ0v) is 16.4. The fourth-order valence-electron chi connectivity index (χ4n) is 3.34. The molecule has 0 aliphatic rings. The van der Waals surface area contributed by atoms with Gasteiger partial charge in [-0.05, 0) is 48.9 Å². The summed E-state index contributed by atoms with van der Waals surface area (Å²) in [6.07, 6.45) is 12.1. The van der Waals surface area contributed by atoms with Crippen LogP contribution >= 0.6 is 0 Å². The molecule has 146 valence electrons. The molecule has 0 bridgehead atoms. The van der Waals surface area contributed by atoms with Gasteiger partial charge in [0.05, 0.1) is 11.1 Å². The molecule has 0 fully saturated rings. The van der Waals surface area contributed by atoms with Crippen LogP contribution in [0.5, 0.6) is 0 Å². The molecule has 0 aliphatic carbocycles. The van der Waals surface area contributed by atoms with Crippen molar-refractivity contribution >= 4 is 11.9 Å². The minimum Gasteiger partial charge on any atom is -0.478 e. The van der Waals surface area contributed by atoms with Gasteiger partial charge in [-0.1, -0.05) is 65.2 Å². The molecule has 0 saturated carbocycles. The van der Waals surface area contributed by atoms with Crippen LogP contribution in [0.4, 0.5) is 0 Å². The van der Waals surface area contributed by atoms with Gasteiger partial charge in [-0.2, -0.15) is 0 Å². The Hall–Kier alpha value is -1.84. The van der Waals surface area contributed by atoms with E-state index in [0.29, 0.717) is 24.0 Å². The van der Waals surface area contributed by atoms with Crippen LogP contribution in [0.25, 0.3) is 0 Å². The summed E-state index contributed by atoms with van der Waals surface area (Å²) in [6, 6.07) is 3.21. The van der Waals surface area contributed by atoms with E-state index >= 15 is 0 Å². The Kier molecular flexibility index (Phi) is 10.7. The van der Waals surface area contributed by atoms with Crippen molar-refractivity contribution in [1.82, 2.24) is 0 Å². The predicted octanol–water partition coefficient (Wildman–Crippen LogP) is 6.11. The molecule has 0 atom stereocenters. The predicted molar refractivity (Wildman–Crippen MR) is 105 cm³/mol. The Balaban J connectivity index is 2.88. The van der Waals surface area contributed by atoms with Crippen LogP contribution in [0.2, 0.25) is 0 Å². The van der Waals surface area contributed by atoms with E-state index in [2.05, 4.69) is 13.8 Å². The second kappa shape index (κ2) is 12.5. The molecule has 26 heavy (non-hydrogen) atoms. The third-order valence-corrected chi connectivity index (χ3v) is 4.89. The van der Waals surface area contributed by atoms with Gasteiger partial charge in [-0.25, -0.2) is 9.59 Å². The van der Waals surface area contributed by atoms with Crippen molar-refractivity contribution in [2.45, 2.75) is 90.9 Å². The number of unbranched alkanes of at least 4 members (excludes halogenated alkanes) is 8. The van der Waals surface area contributed by atoms with Gasteiger partial charge >= 0.3 is 11.9 Å². The van der Waals surface area contributed by atoms with E-state index in [0.717, 1.165) is 51.4 Å². The first-order valence-corrected chi connectivity index (χ1v) is 10.1. The van der Waals surface area contributed by atoms with Gasteiger partial charge in [-0.3, -0.25) is 0 Å². The molecule has 0 unspecified atom stereocenters. The van der Waals surface area contributed by atoms with Crippen LogP contribution in [-0.4, -0.2) is 22.2 Å². The average Bonchev–Trinajstić information content (AvgIpc) is 2.61. The van der Waals surface area contributed by atoms with Gasteiger partial charge in [0.1, 0.15) is 0 Å². The summed E-state index contributed by atoms with van der Waals surface area (Å²) in [7, 11) is 0. The summed E-state index contributed by atoms with van der Waals surface area (Å²) in [6.45, 7) is 4.31. The number of rotatable bonds is 14. The number of hydrogen-bond acceptors (Lipinski definition) is 2. The highest BCUT2D eigenvalue weighted by atomic mass is 16.4. The number of aromatic carboxylic acids is 2. The summed E-state index contributed by atoms with van der Waals surface area (Å²) in [5.41, 5.74) is 1.85. The first-order chi connectivity index (χ1) is 12.5. The highest BCUT2D eigenvalue weighted by molar-refractivity contribution is 5.94. The highest BCUT2D eigenvalue weighted by Gasteiger charge is 2.18. The topological polar surface area (TPSA) is 74.6 Å². The van der Waals surface area contributed by atoms with E-state index in [9.17, 15) is 19.8 Å². The molecular formula is C22H34O4. The van der Waals surface area contributed by atoms with Crippen LogP contribution in [0.15, 0.2) is 12.1 Å². The zero-order valence-electron chi connectivity index (χ0n) is 16.4. The van der Waals surface area contributed by atoms with E-state index in [-0.39, 0.29) is 11.1 Å². The van der Waals surface area contributed by atoms with Crippen molar-refractivity contribution in [2.75, 3.05) is 0 Å². The monoisotopic (exact) mass is 362 g/mol. The Morgan fingerprint density at radius 3 is 1.31 bits per heavy atom. The molecule has 0 aromatic heterocycles. The number of hydrogen-bond donors (Lipinski definition) is 2. The lowest BCUT2D eigenvalue weighted by molar-refractivity contribution is 0.0679. The second-order valence-electron chi connectivity index (χ2n) is 7.11. The van der Waals surface area contributed by atoms with Gasteiger partial charge in [0.15, 0.2) is 0 Å². The SMILES string of the molecule is CCCCCCCc1cc(C(=O)O)c(CCCCCCC)cc1C(=O)O. The Labute approximate surface area is 157 Å². The maximum atomic E-state index is 11.7. The first kappa shape index (κ1) is 22.2. The lowest BCUT2D eigenvalue weighted by Crippen LogP contribution is -2.10. The third kappa shape index (κ3) is 7.59. The molecule has 0 spiro atoms. The minimum atomic E-state index is -0.960. The lowest BCUT2D eigenvalue weighted by atomic mass is 9.92. The van der Waals surface area contributed by atoms with Crippen molar-refractivity contribution < 1.29 is 19.8 Å². The van der Waals surface area contributed by atoms with Crippen molar-refractivity contribution in [3.8, 4) is 0 Å². The molecule has 1 aromatic rings. The Morgan fingerprint density at radius 1 is 0.654 bits per heavy atom. The summed E-state index contributed by atoms with van der Waals surface area (Å²) in [5, 5.41) is 19.1. The quantitative estimate of drug-likeness (QED) is 0.392. The molecule has 0 aliphatic heterocycles. The van der Waals surface area contributed by atoms with Crippen LogP contribution < -0.4 is 0 Å². The summed E-state index contributed by atoms with van der Waals surface area (Å²) in [5.74, 6) is -1.92. The maximum absolute atomic E-state index is 11.7. The van der Waals surface area contributed by atoms with Crippen molar-refractivity contribution in [3.05, 3.63) is 34.4 Å². The van der Waals surface area contributed by atoms with Crippen LogP contribution in [0, 0.1) is 0 Å². The molecule has 4 nitrogen and oxygen atoms in total. The Bertz CT molecular complexity index is 526. The molecule has 4 heteroatoms. The lowest BCUT2D eigenvalue weighted by Gasteiger charge is -2.13.